The Morgan fingerprint density at radius 3 is 1.25 bits per heavy atom. The highest BCUT2D eigenvalue weighted by atomic mass is 28.3. The molecule has 0 amide bonds. The number of aryl methyl sites for hydroxylation is 1. The van der Waals surface area contributed by atoms with Crippen LogP contribution in [0.2, 0.25) is 19.6 Å². The number of para-hydroxylation sites is 2. The summed E-state index contributed by atoms with van der Waals surface area (Å²) in [6.07, 6.45) is 0. The molecule has 11 aromatic carbocycles. The Labute approximate surface area is 458 Å². The molecular formula is C72H50N6Si. The molecule has 0 atom stereocenters. The van der Waals surface area contributed by atoms with Gasteiger partial charge in [-0.15, -0.1) is 0 Å². The average molecular weight is 1030 g/mol. The van der Waals surface area contributed by atoms with Gasteiger partial charge >= 0.3 is 0 Å². The van der Waals surface area contributed by atoms with E-state index in [0.29, 0.717) is 11.3 Å². The van der Waals surface area contributed by atoms with Gasteiger partial charge in [-0.1, -0.05) is 176 Å². The van der Waals surface area contributed by atoms with Crippen LogP contribution in [0.3, 0.4) is 0 Å². The van der Waals surface area contributed by atoms with Crippen molar-refractivity contribution in [2.75, 3.05) is 9.80 Å². The lowest BCUT2D eigenvalue weighted by Gasteiger charge is -2.27. The lowest BCUT2D eigenvalue weighted by atomic mass is 9.89. The fraction of sp³-hybridized carbons (Fsp3) is 0.0556. The molecule has 4 heterocycles. The Morgan fingerprint density at radius 2 is 0.823 bits per heavy atom. The van der Waals surface area contributed by atoms with E-state index in [4.69, 9.17) is 6.57 Å². The van der Waals surface area contributed by atoms with Gasteiger partial charge in [-0.05, 0) is 103 Å². The highest BCUT2D eigenvalue weighted by Crippen LogP contribution is 2.55. The van der Waals surface area contributed by atoms with Gasteiger partial charge in [0.2, 0.25) is 0 Å². The van der Waals surface area contributed by atoms with Crippen molar-refractivity contribution in [2.45, 2.75) is 26.6 Å². The minimum Gasteiger partial charge on any atom is -0.311 e. The molecule has 0 radical (unpaired) electrons. The number of anilines is 6. The molecule has 7 heteroatoms. The Morgan fingerprint density at radius 1 is 0.418 bits per heavy atom. The van der Waals surface area contributed by atoms with Gasteiger partial charge in [-0.25, -0.2) is 4.85 Å². The van der Waals surface area contributed by atoms with Crippen LogP contribution in [0, 0.1) is 24.8 Å². The van der Waals surface area contributed by atoms with Gasteiger partial charge in [-0.3, -0.25) is 0 Å². The SMILES string of the molecule is [C-]#[N+]c1ccc(N(c2ccc(C)cc2)c2ccc3c4cccc5c6c(-c7ccccc7)c7c(c(-c8ccccc8)c6n(c3c2)c45)c2cccc3c4ccc(N(c5ccc(C#N)cc5)c5ccc([Si](C)(C)C)cc5)cc4n7c32)cc1. The van der Waals surface area contributed by atoms with Gasteiger partial charge in [0.25, 0.3) is 0 Å². The monoisotopic (exact) mass is 1030 g/mol. The van der Waals surface area contributed by atoms with Gasteiger partial charge in [0.15, 0.2) is 5.69 Å². The van der Waals surface area contributed by atoms with E-state index < -0.39 is 8.07 Å². The summed E-state index contributed by atoms with van der Waals surface area (Å²) in [4.78, 5) is 8.38. The van der Waals surface area contributed by atoms with Crippen LogP contribution in [0.25, 0.3) is 103 Å². The molecule has 0 spiro atoms. The number of fused-ring (bicyclic) bond motifs is 12. The molecule has 0 N–H and O–H groups in total. The van der Waals surface area contributed by atoms with Gasteiger partial charge < -0.3 is 18.6 Å². The van der Waals surface area contributed by atoms with Crippen molar-refractivity contribution in [2.24, 2.45) is 0 Å². The van der Waals surface area contributed by atoms with E-state index >= 15 is 0 Å². The zero-order chi connectivity index (χ0) is 53.3. The normalized spacial score (nSPS) is 12.0. The van der Waals surface area contributed by atoms with Crippen molar-refractivity contribution in [1.29, 1.82) is 5.26 Å². The molecule has 0 saturated carbocycles. The predicted octanol–water partition coefficient (Wildman–Crippen LogP) is 19.5. The van der Waals surface area contributed by atoms with E-state index in [1.807, 2.05) is 24.3 Å². The quantitative estimate of drug-likeness (QED) is 0.107. The summed E-state index contributed by atoms with van der Waals surface area (Å²) in [5.41, 5.74) is 20.2. The summed E-state index contributed by atoms with van der Waals surface area (Å²) >= 11 is 0. The van der Waals surface area contributed by atoms with Crippen molar-refractivity contribution in [3.05, 3.63) is 253 Å². The maximum absolute atomic E-state index is 9.88. The summed E-state index contributed by atoms with van der Waals surface area (Å²) < 4.78 is 5.16. The molecule has 0 aliphatic heterocycles. The third-order valence-electron chi connectivity index (χ3n) is 16.4. The molecule has 15 aromatic rings. The Balaban J connectivity index is 1.09. The number of hydrogen-bond donors (Lipinski definition) is 0. The lowest BCUT2D eigenvalue weighted by molar-refractivity contribution is 1.27. The van der Waals surface area contributed by atoms with Gasteiger partial charge in [0, 0.05) is 88.3 Å². The van der Waals surface area contributed by atoms with Crippen LogP contribution in [0.15, 0.2) is 231 Å². The van der Waals surface area contributed by atoms with Crippen LogP contribution in [-0.4, -0.2) is 16.9 Å². The molecule has 0 aliphatic rings. The molecule has 0 saturated heterocycles. The lowest BCUT2D eigenvalue weighted by Crippen LogP contribution is -2.37. The summed E-state index contributed by atoms with van der Waals surface area (Å²) in [7, 11) is -1.58. The smallest absolute Gasteiger partial charge is 0.187 e. The van der Waals surface area contributed by atoms with E-state index in [9.17, 15) is 5.26 Å². The van der Waals surface area contributed by atoms with E-state index in [0.717, 1.165) is 56.3 Å². The number of benzene rings is 11. The number of rotatable bonds is 9. The number of nitrogens with zero attached hydrogens (tertiary/aromatic N) is 6. The maximum atomic E-state index is 9.88. The first-order valence-electron chi connectivity index (χ1n) is 26.9. The maximum Gasteiger partial charge on any atom is 0.187 e. The molecule has 0 bridgehead atoms. The summed E-state index contributed by atoms with van der Waals surface area (Å²) in [6, 6.07) is 85.8. The van der Waals surface area contributed by atoms with Crippen LogP contribution in [0.1, 0.15) is 11.1 Å². The van der Waals surface area contributed by atoms with Gasteiger partial charge in [0.1, 0.15) is 0 Å². The van der Waals surface area contributed by atoms with Crippen LogP contribution in [-0.2, 0) is 0 Å². The van der Waals surface area contributed by atoms with Gasteiger partial charge in [0.05, 0.1) is 59.4 Å². The summed E-state index contributed by atoms with van der Waals surface area (Å²) in [5, 5.41) is 20.9. The second kappa shape index (κ2) is 17.4. The zero-order valence-corrected chi connectivity index (χ0v) is 45.1. The Bertz CT molecular complexity index is 4980. The Kier molecular flexibility index (Phi) is 10.2. The molecule has 4 aromatic heterocycles. The van der Waals surface area contributed by atoms with E-state index in [1.54, 1.807) is 0 Å². The van der Waals surface area contributed by atoms with E-state index in [2.05, 4.69) is 262 Å². The third kappa shape index (κ3) is 6.94. The molecular weight excluding hydrogens is 977 g/mol. The first kappa shape index (κ1) is 46.1. The second-order valence-corrected chi connectivity index (χ2v) is 27.1. The minimum absolute atomic E-state index is 0.609. The average Bonchev–Trinajstić information content (AvgIpc) is 2.15. The summed E-state index contributed by atoms with van der Waals surface area (Å²) in [5.74, 6) is 0. The molecule has 79 heavy (non-hydrogen) atoms. The molecule has 0 aliphatic carbocycles. The largest absolute Gasteiger partial charge is 0.311 e. The zero-order valence-electron chi connectivity index (χ0n) is 44.1. The second-order valence-electron chi connectivity index (χ2n) is 22.0. The number of hydrogen-bond acceptors (Lipinski definition) is 3. The van der Waals surface area contributed by atoms with Crippen molar-refractivity contribution in [3.63, 3.8) is 0 Å². The van der Waals surface area contributed by atoms with Crippen LogP contribution >= 0.6 is 0 Å². The minimum atomic E-state index is -1.58. The van der Waals surface area contributed by atoms with E-state index in [-0.39, 0.29) is 0 Å². The van der Waals surface area contributed by atoms with Crippen LogP contribution in [0.5, 0.6) is 0 Å². The van der Waals surface area contributed by atoms with Crippen molar-refractivity contribution >= 4 is 129 Å². The van der Waals surface area contributed by atoms with Crippen LogP contribution in [0.4, 0.5) is 39.8 Å². The molecule has 15 rings (SSSR count). The van der Waals surface area contributed by atoms with E-state index in [1.165, 1.54) is 87.0 Å². The van der Waals surface area contributed by atoms with Crippen molar-refractivity contribution in [3.8, 4) is 28.3 Å². The Hall–Kier alpha value is -10.2. The standard InChI is InChI=1S/C72H50N6Si/c1-45-22-28-50(29-23-45)75(52-32-26-49(74-2)27-33-52)54-36-40-57-59-18-12-20-61-67-66(48-16-10-7-11-17-48)72-68(65(47-14-8-6-9-15-47)71(67)77(69(59)61)63(57)42-54)62-21-13-19-60-58-41-37-55(43-64(58)78(72)70(60)62)76(51-30-24-46(44-73)25-31-51)53-34-38-56(39-35-53)79(3,4)5/h6-43H,1,3-5H3. The third-order valence-corrected chi connectivity index (χ3v) is 18.5. The van der Waals surface area contributed by atoms with Crippen molar-refractivity contribution in [1.82, 2.24) is 8.80 Å². The summed E-state index contributed by atoms with van der Waals surface area (Å²) in [6.45, 7) is 17.0. The topological polar surface area (TPSA) is 43.5 Å². The van der Waals surface area contributed by atoms with Crippen molar-refractivity contribution < 1.29 is 0 Å². The highest BCUT2D eigenvalue weighted by Gasteiger charge is 2.31. The fourth-order valence-corrected chi connectivity index (χ4v) is 13.9. The highest BCUT2D eigenvalue weighted by molar-refractivity contribution is 6.88. The molecule has 372 valence electrons. The first-order chi connectivity index (χ1) is 38.7. The van der Waals surface area contributed by atoms with Crippen LogP contribution < -0.4 is 15.0 Å². The molecule has 0 unspecified atom stereocenters. The number of nitriles is 1. The fourth-order valence-electron chi connectivity index (χ4n) is 12.8. The predicted molar refractivity (Wildman–Crippen MR) is 335 cm³/mol. The molecule has 0 fully saturated rings. The van der Waals surface area contributed by atoms with Gasteiger partial charge in [-0.2, -0.15) is 5.26 Å². The number of aromatic nitrogens is 2. The molecule has 6 nitrogen and oxygen atoms in total. The first-order valence-corrected chi connectivity index (χ1v) is 30.4.